The maximum atomic E-state index is 10.4. The Labute approximate surface area is 254 Å². The highest BCUT2D eigenvalue weighted by Crippen LogP contribution is 2.44. The lowest BCUT2D eigenvalue weighted by Crippen LogP contribution is -2.07. The lowest BCUT2D eigenvalue weighted by atomic mass is 9.99. The summed E-state index contributed by atoms with van der Waals surface area (Å²) in [4.78, 5) is 0. The molecule has 1 unspecified atom stereocenters. The number of rotatable bonds is 0. The number of fused-ring (bicyclic) bond motifs is 12. The second-order valence-electron chi connectivity index (χ2n) is 11.6. The van der Waals surface area contributed by atoms with Crippen LogP contribution in [0.2, 0.25) is 0 Å². The van der Waals surface area contributed by atoms with Crippen LogP contribution < -0.4 is 5.30 Å². The van der Waals surface area contributed by atoms with Crippen molar-refractivity contribution in [2.45, 2.75) is 20.8 Å². The third-order valence-corrected chi connectivity index (χ3v) is 9.97. The molecule has 8 aromatic rings. The number of aryl methyl sites for hydroxylation is 4. The fraction of sp³-hybridized carbons (Fsp3) is 0.135. The lowest BCUT2D eigenvalue weighted by Gasteiger charge is -2.14. The van der Waals surface area contributed by atoms with Crippen LogP contribution in [-0.2, 0) is 14.1 Å². The molecule has 0 amide bonds. The molecule has 7 heteroatoms. The van der Waals surface area contributed by atoms with Gasteiger partial charge in [-0.1, -0.05) is 36.4 Å². The van der Waals surface area contributed by atoms with Crippen molar-refractivity contribution in [3.63, 3.8) is 0 Å². The van der Waals surface area contributed by atoms with Crippen molar-refractivity contribution in [3.05, 3.63) is 88.5 Å². The van der Waals surface area contributed by atoms with Crippen molar-refractivity contribution in [3.8, 4) is 12.1 Å². The van der Waals surface area contributed by atoms with E-state index in [0.717, 1.165) is 65.5 Å². The fourth-order valence-electron chi connectivity index (χ4n) is 7.13. The number of nitrogens with zero attached hydrogens (tertiary/aromatic N) is 4. The van der Waals surface area contributed by atoms with E-state index < -0.39 is 0 Å². The van der Waals surface area contributed by atoms with Crippen molar-refractivity contribution in [1.29, 1.82) is 10.5 Å². The van der Waals surface area contributed by atoms with Crippen LogP contribution in [0.1, 0.15) is 27.8 Å². The lowest BCUT2D eigenvalue weighted by molar-refractivity contribution is 0.614. The van der Waals surface area contributed by atoms with Crippen LogP contribution in [0.4, 0.5) is 0 Å². The summed E-state index contributed by atoms with van der Waals surface area (Å²) in [5.74, 6) is 0. The molecule has 6 nitrogen and oxygen atoms in total. The average Bonchev–Trinajstić information content (AvgIpc) is 3.46. The Hall–Kier alpha value is -5.29. The Bertz CT molecular complexity index is 2570. The summed E-state index contributed by atoms with van der Waals surface area (Å²) in [6.45, 7) is 5.93. The zero-order valence-electron chi connectivity index (χ0n) is 25.0. The van der Waals surface area contributed by atoms with Gasteiger partial charge in [-0.05, 0) is 67.0 Å². The van der Waals surface area contributed by atoms with E-state index in [1.807, 2.05) is 20.8 Å². The van der Waals surface area contributed by atoms with Gasteiger partial charge in [-0.3, -0.25) is 0 Å². The Morgan fingerprint density at radius 3 is 1.50 bits per heavy atom. The second kappa shape index (κ2) is 9.10. The number of para-hydroxylation sites is 2. The van der Waals surface area contributed by atoms with Gasteiger partial charge < -0.3 is 18.0 Å². The van der Waals surface area contributed by atoms with Crippen molar-refractivity contribution in [2.24, 2.45) is 14.1 Å². The highest BCUT2D eigenvalue weighted by molar-refractivity contribution is 7.27. The van der Waals surface area contributed by atoms with E-state index in [4.69, 9.17) is 8.83 Å². The molecule has 8 rings (SSSR count). The predicted octanol–water partition coefficient (Wildman–Crippen LogP) is 8.92. The highest BCUT2D eigenvalue weighted by atomic mass is 31.0. The first-order chi connectivity index (χ1) is 21.3. The van der Waals surface area contributed by atoms with E-state index in [2.05, 4.69) is 105 Å². The standard InChI is InChI=1S/C37H27N4O2P/c1-18-14-23-21-10-6-8-12-27(21)40(4)31(23)29-30-32-24(22-11-7-9-13-28(22)41(32)5)15-19(2)34(30)43-36-26(17-39)37(44)20(3)25(16-38)35(36)42-33(18)29/h6-15H,44H2,1-5H3. The molecule has 0 fully saturated rings. The van der Waals surface area contributed by atoms with Crippen LogP contribution in [-0.4, -0.2) is 9.13 Å². The number of benzene rings is 5. The monoisotopic (exact) mass is 590 g/mol. The smallest absolute Gasteiger partial charge is 0.189 e. The summed E-state index contributed by atoms with van der Waals surface area (Å²) in [6.07, 6.45) is 0. The Morgan fingerprint density at radius 1 is 0.614 bits per heavy atom. The van der Waals surface area contributed by atoms with E-state index >= 15 is 0 Å². The van der Waals surface area contributed by atoms with E-state index in [0.29, 0.717) is 33.2 Å². The van der Waals surface area contributed by atoms with E-state index in [1.165, 1.54) is 0 Å². The van der Waals surface area contributed by atoms with Gasteiger partial charge in [-0.2, -0.15) is 10.5 Å². The minimum Gasteiger partial charge on any atom is -0.451 e. The third kappa shape index (κ3) is 3.21. The molecule has 44 heavy (non-hydrogen) atoms. The summed E-state index contributed by atoms with van der Waals surface area (Å²) in [5, 5.41) is 27.7. The molecule has 0 bridgehead atoms. The summed E-state index contributed by atoms with van der Waals surface area (Å²) < 4.78 is 18.2. The van der Waals surface area contributed by atoms with Gasteiger partial charge in [0.05, 0.1) is 21.8 Å². The van der Waals surface area contributed by atoms with Gasteiger partial charge in [0.2, 0.25) is 0 Å². The average molecular weight is 591 g/mol. The molecule has 5 aromatic carbocycles. The maximum Gasteiger partial charge on any atom is 0.189 e. The quantitative estimate of drug-likeness (QED) is 0.165. The normalized spacial score (nSPS) is 11.8. The van der Waals surface area contributed by atoms with Crippen LogP contribution in [0.15, 0.2) is 69.5 Å². The molecule has 0 N–H and O–H groups in total. The summed E-state index contributed by atoms with van der Waals surface area (Å²) in [6, 6.07) is 25.8. The predicted molar refractivity (Wildman–Crippen MR) is 182 cm³/mol. The summed E-state index contributed by atoms with van der Waals surface area (Å²) in [5.41, 5.74) is 9.21. The molecular formula is C37H27N4O2P. The number of nitriles is 2. The van der Waals surface area contributed by atoms with Gasteiger partial charge in [-0.25, -0.2) is 0 Å². The fourth-order valence-corrected chi connectivity index (χ4v) is 7.47. The molecule has 0 aliphatic rings. The SMILES string of the molecule is Cc1c(P)c(C#N)c2oc3c(C)cc4c5ccccc5n(C)c4c3c3c(oc2c1C#N)c(C)cc1c2ccccc2n(C)c13. The zero-order valence-corrected chi connectivity index (χ0v) is 26.1. The molecule has 3 aromatic heterocycles. The molecule has 0 radical (unpaired) electrons. The highest BCUT2D eigenvalue weighted by Gasteiger charge is 2.24. The number of aromatic nitrogens is 2. The van der Waals surface area contributed by atoms with Gasteiger partial charge in [0.15, 0.2) is 11.2 Å². The van der Waals surface area contributed by atoms with Crippen LogP contribution in [0.3, 0.4) is 0 Å². The topological polar surface area (TPSA) is 83.7 Å². The Balaban J connectivity index is 1.86. The van der Waals surface area contributed by atoms with Crippen LogP contribution in [0.25, 0.3) is 76.7 Å². The molecule has 0 saturated carbocycles. The van der Waals surface area contributed by atoms with E-state index in [9.17, 15) is 10.5 Å². The van der Waals surface area contributed by atoms with Gasteiger partial charge in [0, 0.05) is 46.7 Å². The van der Waals surface area contributed by atoms with Crippen LogP contribution in [0, 0.1) is 43.4 Å². The number of hydrogen-bond acceptors (Lipinski definition) is 4. The molecule has 0 aliphatic heterocycles. The molecular weight excluding hydrogens is 563 g/mol. The Morgan fingerprint density at radius 2 is 1.05 bits per heavy atom. The van der Waals surface area contributed by atoms with E-state index in [1.54, 1.807) is 0 Å². The van der Waals surface area contributed by atoms with Gasteiger partial charge in [-0.15, -0.1) is 9.24 Å². The van der Waals surface area contributed by atoms with Crippen molar-refractivity contribution in [2.75, 3.05) is 0 Å². The molecule has 1 atom stereocenters. The second-order valence-corrected chi connectivity index (χ2v) is 12.2. The van der Waals surface area contributed by atoms with Crippen molar-refractivity contribution >= 4 is 91.3 Å². The van der Waals surface area contributed by atoms with Crippen LogP contribution in [0.5, 0.6) is 0 Å². The van der Waals surface area contributed by atoms with Crippen molar-refractivity contribution in [1.82, 2.24) is 9.13 Å². The van der Waals surface area contributed by atoms with Gasteiger partial charge in [0.25, 0.3) is 0 Å². The minimum atomic E-state index is 0.254. The molecule has 212 valence electrons. The zero-order chi connectivity index (χ0) is 30.6. The third-order valence-electron chi connectivity index (χ3n) is 9.25. The minimum absolute atomic E-state index is 0.254. The molecule has 0 aliphatic carbocycles. The maximum absolute atomic E-state index is 10.4. The molecule has 3 heterocycles. The first-order valence-corrected chi connectivity index (χ1v) is 15.0. The van der Waals surface area contributed by atoms with E-state index in [-0.39, 0.29) is 11.2 Å². The molecule has 0 spiro atoms. The first-order valence-electron chi connectivity index (χ1n) is 14.4. The van der Waals surface area contributed by atoms with Gasteiger partial charge >= 0.3 is 0 Å². The van der Waals surface area contributed by atoms with Crippen LogP contribution >= 0.6 is 9.24 Å². The number of hydrogen-bond donors (Lipinski definition) is 0. The largest absolute Gasteiger partial charge is 0.451 e. The first kappa shape index (κ1) is 26.3. The Kier molecular flexibility index (Phi) is 5.45. The van der Waals surface area contributed by atoms with Crippen molar-refractivity contribution < 1.29 is 8.83 Å². The molecule has 0 saturated heterocycles. The van der Waals surface area contributed by atoms with Gasteiger partial charge in [0.1, 0.15) is 34.4 Å². The summed E-state index contributed by atoms with van der Waals surface area (Å²) in [7, 11) is 6.79. The summed E-state index contributed by atoms with van der Waals surface area (Å²) >= 11 is 0.